The highest BCUT2D eigenvalue weighted by Crippen LogP contribution is 2.08. The number of carboxylic acid groups (broad SMARTS) is 1. The van der Waals surface area contributed by atoms with E-state index in [1.165, 1.54) is 6.92 Å². The molecule has 98 valence electrons. The van der Waals surface area contributed by atoms with Crippen LogP contribution in [0.5, 0.6) is 0 Å². The molecule has 2 N–H and O–H groups in total. The summed E-state index contributed by atoms with van der Waals surface area (Å²) in [6.45, 7) is 1.44. The Morgan fingerprint density at radius 1 is 1.28 bits per heavy atom. The fourth-order valence-corrected chi connectivity index (χ4v) is 1.46. The highest BCUT2D eigenvalue weighted by Gasteiger charge is 2.23. The minimum absolute atomic E-state index is 0.113. The number of hydrogen-bond acceptors (Lipinski definition) is 4. The van der Waals surface area contributed by atoms with Crippen molar-refractivity contribution < 1.29 is 24.5 Å². The van der Waals surface area contributed by atoms with Crippen LogP contribution in [0.1, 0.15) is 18.9 Å². The summed E-state index contributed by atoms with van der Waals surface area (Å²) in [7, 11) is 0. The van der Waals surface area contributed by atoms with E-state index in [4.69, 9.17) is 14.9 Å². The molecule has 5 nitrogen and oxygen atoms in total. The van der Waals surface area contributed by atoms with Gasteiger partial charge in [-0.25, -0.2) is 4.79 Å². The summed E-state index contributed by atoms with van der Waals surface area (Å²) >= 11 is 0. The number of benzene rings is 1. The average Bonchev–Trinajstić information content (AvgIpc) is 2.28. The number of esters is 1. The van der Waals surface area contributed by atoms with Crippen molar-refractivity contribution in [3.63, 3.8) is 0 Å². The van der Waals surface area contributed by atoms with Gasteiger partial charge < -0.3 is 14.9 Å². The molecule has 0 aromatic heterocycles. The monoisotopic (exact) mass is 252 g/mol. The summed E-state index contributed by atoms with van der Waals surface area (Å²) in [6, 6.07) is 8.91. The highest BCUT2D eigenvalue weighted by atomic mass is 16.6. The summed E-state index contributed by atoms with van der Waals surface area (Å²) in [5, 5.41) is 18.0. The molecule has 1 aromatic carbocycles. The molecule has 5 heteroatoms. The van der Waals surface area contributed by atoms with Crippen molar-refractivity contribution in [2.45, 2.75) is 32.0 Å². The molecule has 1 rings (SSSR count). The molecule has 2 atom stereocenters. The van der Waals surface area contributed by atoms with Crippen LogP contribution in [0.2, 0.25) is 0 Å². The van der Waals surface area contributed by atoms with Crippen molar-refractivity contribution in [2.75, 3.05) is 0 Å². The van der Waals surface area contributed by atoms with Crippen molar-refractivity contribution in [1.82, 2.24) is 0 Å². The van der Waals surface area contributed by atoms with E-state index in [1.807, 2.05) is 6.07 Å². The number of carboxylic acids is 1. The van der Waals surface area contributed by atoms with Crippen molar-refractivity contribution in [3.05, 3.63) is 35.9 Å². The van der Waals surface area contributed by atoms with E-state index in [-0.39, 0.29) is 12.8 Å². The highest BCUT2D eigenvalue weighted by molar-refractivity contribution is 5.78. The predicted molar refractivity (Wildman–Crippen MR) is 64.0 cm³/mol. The second-order valence-corrected chi connectivity index (χ2v) is 4.06. The van der Waals surface area contributed by atoms with Crippen molar-refractivity contribution in [3.8, 4) is 0 Å². The first-order valence-electron chi connectivity index (χ1n) is 5.63. The van der Waals surface area contributed by atoms with Gasteiger partial charge in [0.2, 0.25) is 6.10 Å². The van der Waals surface area contributed by atoms with Gasteiger partial charge in [0.05, 0.1) is 12.5 Å². The number of rotatable bonds is 6. The normalized spacial score (nSPS) is 13.7. The lowest BCUT2D eigenvalue weighted by molar-refractivity contribution is -0.165. The van der Waals surface area contributed by atoms with Gasteiger partial charge in [0.25, 0.3) is 0 Å². The van der Waals surface area contributed by atoms with E-state index < -0.39 is 24.1 Å². The Morgan fingerprint density at radius 3 is 2.39 bits per heavy atom. The van der Waals surface area contributed by atoms with Gasteiger partial charge in [0.1, 0.15) is 0 Å². The molecule has 0 amide bonds. The quantitative estimate of drug-likeness (QED) is 0.738. The zero-order chi connectivity index (χ0) is 13.5. The summed E-state index contributed by atoms with van der Waals surface area (Å²) in [6.07, 6.45) is -2.16. The fourth-order valence-electron chi connectivity index (χ4n) is 1.46. The minimum atomic E-state index is -1.22. The number of aliphatic carboxylic acids is 1. The molecule has 0 aliphatic heterocycles. The Balaban J connectivity index is 2.61. The SMILES string of the molecule is C[C@@H](O)CC(=O)OC(Cc1ccccc1)C(=O)O. The number of hydrogen-bond donors (Lipinski definition) is 2. The number of carbonyl (C=O) groups is 2. The Labute approximate surface area is 105 Å². The Morgan fingerprint density at radius 2 is 1.89 bits per heavy atom. The molecule has 1 aromatic rings. The van der Waals surface area contributed by atoms with Gasteiger partial charge in [0.15, 0.2) is 0 Å². The number of carbonyl (C=O) groups excluding carboxylic acids is 1. The Hall–Kier alpha value is -1.88. The first kappa shape index (κ1) is 14.2. The third kappa shape index (κ3) is 4.97. The lowest BCUT2D eigenvalue weighted by Crippen LogP contribution is -2.30. The molecule has 0 aliphatic carbocycles. The van der Waals surface area contributed by atoms with Gasteiger partial charge in [-0.15, -0.1) is 0 Å². The molecule has 0 heterocycles. The van der Waals surface area contributed by atoms with Gasteiger partial charge >= 0.3 is 11.9 Å². The lowest BCUT2D eigenvalue weighted by Gasteiger charge is -2.14. The molecular formula is C13H16O5. The predicted octanol–water partition coefficient (Wildman–Crippen LogP) is 0.996. The molecule has 0 saturated heterocycles. The standard InChI is InChI=1S/C13H16O5/c1-9(14)7-12(15)18-11(13(16)17)8-10-5-3-2-4-6-10/h2-6,9,11,14H,7-8H2,1H3,(H,16,17)/t9-,11?/m1/s1. The van der Waals surface area contributed by atoms with E-state index in [0.29, 0.717) is 0 Å². The second-order valence-electron chi connectivity index (χ2n) is 4.06. The summed E-state index contributed by atoms with van der Waals surface area (Å²) in [4.78, 5) is 22.3. The van der Waals surface area contributed by atoms with Crippen LogP contribution in [-0.2, 0) is 20.7 Å². The molecule has 18 heavy (non-hydrogen) atoms. The van der Waals surface area contributed by atoms with Crippen molar-refractivity contribution in [2.24, 2.45) is 0 Å². The van der Waals surface area contributed by atoms with Crippen LogP contribution in [0.3, 0.4) is 0 Å². The molecular weight excluding hydrogens is 236 g/mol. The first-order chi connectivity index (χ1) is 8.49. The zero-order valence-electron chi connectivity index (χ0n) is 10.1. The van der Waals surface area contributed by atoms with Gasteiger partial charge in [-0.1, -0.05) is 30.3 Å². The Bertz CT molecular complexity index is 399. The maximum absolute atomic E-state index is 11.3. The third-order valence-electron chi connectivity index (χ3n) is 2.28. The van der Waals surface area contributed by atoms with Gasteiger partial charge in [0, 0.05) is 6.42 Å². The fraction of sp³-hybridized carbons (Fsp3) is 0.385. The molecule has 0 aliphatic rings. The third-order valence-corrected chi connectivity index (χ3v) is 2.28. The maximum atomic E-state index is 11.3. The number of aliphatic hydroxyl groups excluding tert-OH is 1. The van der Waals surface area contributed by atoms with Crippen LogP contribution >= 0.6 is 0 Å². The molecule has 1 unspecified atom stereocenters. The number of aliphatic hydroxyl groups is 1. The molecule has 0 radical (unpaired) electrons. The van der Waals surface area contributed by atoms with Gasteiger partial charge in [-0.05, 0) is 12.5 Å². The van der Waals surface area contributed by atoms with Crippen LogP contribution < -0.4 is 0 Å². The van der Waals surface area contributed by atoms with Gasteiger partial charge in [-0.3, -0.25) is 4.79 Å². The topological polar surface area (TPSA) is 83.8 Å². The Kier molecular flexibility index (Phi) is 5.32. The van der Waals surface area contributed by atoms with E-state index in [2.05, 4.69) is 0 Å². The van der Waals surface area contributed by atoms with Crippen molar-refractivity contribution in [1.29, 1.82) is 0 Å². The first-order valence-corrected chi connectivity index (χ1v) is 5.63. The van der Waals surface area contributed by atoms with Crippen LogP contribution in [-0.4, -0.2) is 34.4 Å². The second kappa shape index (κ2) is 6.76. The largest absolute Gasteiger partial charge is 0.478 e. The molecule has 0 spiro atoms. The maximum Gasteiger partial charge on any atom is 0.345 e. The van der Waals surface area contributed by atoms with Crippen LogP contribution in [0, 0.1) is 0 Å². The molecule has 0 bridgehead atoms. The van der Waals surface area contributed by atoms with Crippen molar-refractivity contribution >= 4 is 11.9 Å². The lowest BCUT2D eigenvalue weighted by atomic mass is 10.1. The van der Waals surface area contributed by atoms with E-state index in [9.17, 15) is 9.59 Å². The van der Waals surface area contributed by atoms with Crippen LogP contribution in [0.15, 0.2) is 30.3 Å². The van der Waals surface area contributed by atoms with E-state index >= 15 is 0 Å². The number of ether oxygens (including phenoxy) is 1. The van der Waals surface area contributed by atoms with Crippen LogP contribution in [0.25, 0.3) is 0 Å². The summed E-state index contributed by atoms with van der Waals surface area (Å²) < 4.78 is 4.83. The molecule has 0 fully saturated rings. The summed E-state index contributed by atoms with van der Waals surface area (Å²) in [5.41, 5.74) is 0.773. The summed E-state index contributed by atoms with van der Waals surface area (Å²) in [5.74, 6) is -1.91. The average molecular weight is 252 g/mol. The smallest absolute Gasteiger partial charge is 0.345 e. The minimum Gasteiger partial charge on any atom is -0.478 e. The van der Waals surface area contributed by atoms with E-state index in [0.717, 1.165) is 5.56 Å². The van der Waals surface area contributed by atoms with E-state index in [1.54, 1.807) is 24.3 Å². The zero-order valence-corrected chi connectivity index (χ0v) is 10.1. The van der Waals surface area contributed by atoms with Crippen LogP contribution in [0.4, 0.5) is 0 Å². The molecule has 0 saturated carbocycles. The van der Waals surface area contributed by atoms with Gasteiger partial charge in [-0.2, -0.15) is 0 Å².